The maximum absolute atomic E-state index is 12.9. The number of aromatic nitrogens is 2. The zero-order valence-electron chi connectivity index (χ0n) is 18.0. The zero-order valence-corrected chi connectivity index (χ0v) is 18.0. The molecule has 0 saturated carbocycles. The second kappa shape index (κ2) is 9.60. The van der Waals surface area contributed by atoms with Crippen LogP contribution in [0.2, 0.25) is 0 Å². The number of pyridine rings is 2. The van der Waals surface area contributed by atoms with Gasteiger partial charge in [0.2, 0.25) is 0 Å². The van der Waals surface area contributed by atoms with Crippen molar-refractivity contribution < 1.29 is 24.2 Å². The molecule has 3 aliphatic heterocycles. The first kappa shape index (κ1) is 22.1. The fourth-order valence-electron chi connectivity index (χ4n) is 4.97. The molecule has 1 N–H and O–H groups in total. The first-order valence-corrected chi connectivity index (χ1v) is 11.1. The van der Waals surface area contributed by atoms with Crippen molar-refractivity contribution in [3.05, 3.63) is 36.2 Å². The summed E-state index contributed by atoms with van der Waals surface area (Å²) in [6.45, 7) is 3.94. The van der Waals surface area contributed by atoms with Gasteiger partial charge in [-0.3, -0.25) is 19.3 Å². The molecule has 170 valence electrons. The SMILES string of the molecule is O=C(c1ccc2cccnc2n1)N1CCC2(CC1)CC(CN1CCCC1)OC2=O.O=CO. The molecule has 9 heteroatoms. The number of likely N-dealkylation sites (tertiary alicyclic amines) is 2. The van der Waals surface area contributed by atoms with E-state index >= 15 is 0 Å². The molecule has 1 atom stereocenters. The molecule has 3 fully saturated rings. The number of fused-ring (bicyclic) bond motifs is 1. The van der Waals surface area contributed by atoms with E-state index in [9.17, 15) is 9.59 Å². The van der Waals surface area contributed by atoms with Gasteiger partial charge in [-0.25, -0.2) is 9.97 Å². The molecule has 5 heterocycles. The minimum absolute atomic E-state index is 0.00363. The van der Waals surface area contributed by atoms with Gasteiger partial charge in [-0.05, 0) is 63.0 Å². The number of carboxylic acid groups (broad SMARTS) is 1. The quantitative estimate of drug-likeness (QED) is 0.569. The molecule has 2 aromatic heterocycles. The van der Waals surface area contributed by atoms with Crippen molar-refractivity contribution in [2.75, 3.05) is 32.7 Å². The van der Waals surface area contributed by atoms with Crippen molar-refractivity contribution in [2.24, 2.45) is 5.41 Å². The molecule has 3 aliphatic rings. The predicted octanol–water partition coefficient (Wildman–Crippen LogP) is 1.96. The lowest BCUT2D eigenvalue weighted by Crippen LogP contribution is -2.45. The minimum atomic E-state index is -0.417. The number of hydrogen-bond donors (Lipinski definition) is 1. The lowest BCUT2D eigenvalue weighted by Gasteiger charge is -2.36. The van der Waals surface area contributed by atoms with Crippen LogP contribution in [-0.4, -0.2) is 82.1 Å². The number of amides is 1. The summed E-state index contributed by atoms with van der Waals surface area (Å²) in [5.41, 5.74) is 0.573. The zero-order chi connectivity index (χ0) is 22.6. The number of piperidine rings is 1. The van der Waals surface area contributed by atoms with E-state index < -0.39 is 5.41 Å². The first-order chi connectivity index (χ1) is 15.5. The summed E-state index contributed by atoms with van der Waals surface area (Å²) < 4.78 is 5.74. The molecule has 5 rings (SSSR count). The number of cyclic esters (lactones) is 1. The third kappa shape index (κ3) is 4.57. The first-order valence-electron chi connectivity index (χ1n) is 11.1. The average molecular weight is 441 g/mol. The van der Waals surface area contributed by atoms with Gasteiger partial charge in [0, 0.05) is 37.6 Å². The minimum Gasteiger partial charge on any atom is -0.483 e. The molecule has 0 bridgehead atoms. The fourth-order valence-corrected chi connectivity index (χ4v) is 4.97. The third-order valence-electron chi connectivity index (χ3n) is 6.68. The van der Waals surface area contributed by atoms with Crippen LogP contribution in [0, 0.1) is 5.41 Å². The van der Waals surface area contributed by atoms with Gasteiger partial charge in [0.05, 0.1) is 5.41 Å². The largest absolute Gasteiger partial charge is 0.483 e. The second-order valence-electron chi connectivity index (χ2n) is 8.66. The normalized spacial score (nSPS) is 22.4. The summed E-state index contributed by atoms with van der Waals surface area (Å²) in [5, 5.41) is 7.80. The average Bonchev–Trinajstić information content (AvgIpc) is 3.42. The lowest BCUT2D eigenvalue weighted by molar-refractivity contribution is -0.151. The Balaban J connectivity index is 0.000000775. The number of hydrogen-bond acceptors (Lipinski definition) is 7. The van der Waals surface area contributed by atoms with Gasteiger partial charge in [-0.15, -0.1) is 0 Å². The molecule has 0 radical (unpaired) electrons. The van der Waals surface area contributed by atoms with Gasteiger partial charge < -0.3 is 14.7 Å². The number of carbonyl (C=O) groups excluding carboxylic acids is 2. The van der Waals surface area contributed by atoms with Crippen LogP contribution in [0.4, 0.5) is 0 Å². The van der Waals surface area contributed by atoms with E-state index in [1.165, 1.54) is 12.8 Å². The fraction of sp³-hybridized carbons (Fsp3) is 0.522. The summed E-state index contributed by atoms with van der Waals surface area (Å²) in [7, 11) is 0. The molecule has 0 aliphatic carbocycles. The van der Waals surface area contributed by atoms with Gasteiger partial charge >= 0.3 is 5.97 Å². The Bertz CT molecular complexity index is 983. The summed E-state index contributed by atoms with van der Waals surface area (Å²) >= 11 is 0. The number of nitrogens with zero attached hydrogens (tertiary/aromatic N) is 4. The lowest BCUT2D eigenvalue weighted by atomic mass is 9.76. The van der Waals surface area contributed by atoms with Crippen molar-refractivity contribution in [2.45, 2.75) is 38.2 Å². The van der Waals surface area contributed by atoms with Crippen LogP contribution in [0.3, 0.4) is 0 Å². The Hall–Kier alpha value is -3.07. The van der Waals surface area contributed by atoms with Crippen LogP contribution in [-0.2, 0) is 14.3 Å². The molecular weight excluding hydrogens is 412 g/mol. The summed E-state index contributed by atoms with van der Waals surface area (Å²) in [6.07, 6.45) is 6.26. The highest BCUT2D eigenvalue weighted by atomic mass is 16.6. The molecule has 1 spiro atoms. The van der Waals surface area contributed by atoms with E-state index in [-0.39, 0.29) is 24.5 Å². The van der Waals surface area contributed by atoms with Crippen molar-refractivity contribution >= 4 is 29.4 Å². The van der Waals surface area contributed by atoms with Crippen LogP contribution in [0.5, 0.6) is 0 Å². The van der Waals surface area contributed by atoms with Crippen molar-refractivity contribution in [3.8, 4) is 0 Å². The number of carbonyl (C=O) groups is 3. The van der Waals surface area contributed by atoms with Crippen molar-refractivity contribution in [3.63, 3.8) is 0 Å². The van der Waals surface area contributed by atoms with E-state index in [0.29, 0.717) is 37.3 Å². The topological polar surface area (TPSA) is 113 Å². The van der Waals surface area contributed by atoms with Crippen LogP contribution in [0.25, 0.3) is 11.0 Å². The summed E-state index contributed by atoms with van der Waals surface area (Å²) in [4.78, 5) is 46.8. The van der Waals surface area contributed by atoms with E-state index in [1.54, 1.807) is 12.3 Å². The Labute approximate surface area is 186 Å². The predicted molar refractivity (Wildman–Crippen MR) is 116 cm³/mol. The maximum Gasteiger partial charge on any atom is 0.312 e. The number of ether oxygens (including phenoxy) is 1. The highest BCUT2D eigenvalue weighted by Crippen LogP contribution is 2.43. The Morgan fingerprint density at radius 3 is 2.62 bits per heavy atom. The van der Waals surface area contributed by atoms with E-state index in [1.807, 2.05) is 23.1 Å². The van der Waals surface area contributed by atoms with Gasteiger partial charge in [0.25, 0.3) is 12.4 Å². The smallest absolute Gasteiger partial charge is 0.312 e. The Kier molecular flexibility index (Phi) is 6.64. The molecule has 2 aromatic rings. The summed E-state index contributed by atoms with van der Waals surface area (Å²) in [6, 6.07) is 7.42. The monoisotopic (exact) mass is 440 g/mol. The van der Waals surface area contributed by atoms with Gasteiger partial charge in [-0.1, -0.05) is 0 Å². The van der Waals surface area contributed by atoms with Crippen LogP contribution in [0.1, 0.15) is 42.6 Å². The molecule has 3 saturated heterocycles. The van der Waals surface area contributed by atoms with Gasteiger partial charge in [0.1, 0.15) is 11.8 Å². The number of rotatable bonds is 3. The molecular formula is C23H28N4O5. The second-order valence-corrected chi connectivity index (χ2v) is 8.66. The third-order valence-corrected chi connectivity index (χ3v) is 6.68. The molecule has 32 heavy (non-hydrogen) atoms. The van der Waals surface area contributed by atoms with Crippen molar-refractivity contribution in [1.82, 2.24) is 19.8 Å². The van der Waals surface area contributed by atoms with Crippen LogP contribution in [0.15, 0.2) is 30.5 Å². The molecule has 0 aromatic carbocycles. The number of esters is 1. The highest BCUT2D eigenvalue weighted by Gasteiger charge is 2.51. The van der Waals surface area contributed by atoms with Gasteiger partial charge in [0.15, 0.2) is 5.65 Å². The van der Waals surface area contributed by atoms with Crippen LogP contribution < -0.4 is 0 Å². The van der Waals surface area contributed by atoms with Gasteiger partial charge in [-0.2, -0.15) is 0 Å². The molecule has 1 amide bonds. The van der Waals surface area contributed by atoms with Crippen molar-refractivity contribution in [1.29, 1.82) is 0 Å². The molecule has 1 unspecified atom stereocenters. The Morgan fingerprint density at radius 1 is 1.19 bits per heavy atom. The van der Waals surface area contributed by atoms with E-state index in [0.717, 1.165) is 31.4 Å². The van der Waals surface area contributed by atoms with E-state index in [2.05, 4.69) is 14.9 Å². The maximum atomic E-state index is 12.9. The summed E-state index contributed by atoms with van der Waals surface area (Å²) in [5.74, 6) is -0.158. The van der Waals surface area contributed by atoms with E-state index in [4.69, 9.17) is 14.6 Å². The molecule has 9 nitrogen and oxygen atoms in total. The van der Waals surface area contributed by atoms with Crippen LogP contribution >= 0.6 is 0 Å². The highest BCUT2D eigenvalue weighted by molar-refractivity contribution is 5.94. The standard InChI is InChI=1S/C22H26N4O3.CH2O2/c27-20(18-6-5-16-4-3-9-23-19(16)24-18)26-12-7-22(8-13-26)14-17(29-21(22)28)15-25-10-1-2-11-25;2-1-3/h3-6,9,17H,1-2,7-8,10-15H2;1H,(H,2,3). The Morgan fingerprint density at radius 2 is 1.91 bits per heavy atom.